The third kappa shape index (κ3) is 5.16. The Morgan fingerprint density at radius 1 is 1.17 bits per heavy atom. The molecule has 0 unspecified atom stereocenters. The average molecular weight is 275 g/mol. The maximum absolute atomic E-state index is 5.96. The molecule has 18 heavy (non-hydrogen) atoms. The first kappa shape index (κ1) is 15.1. The lowest BCUT2D eigenvalue weighted by molar-refractivity contribution is 0.0641. The lowest BCUT2D eigenvalue weighted by Crippen LogP contribution is -2.08. The summed E-state index contributed by atoms with van der Waals surface area (Å²) < 4.78 is 15.8. The van der Waals surface area contributed by atoms with Crippen molar-refractivity contribution in [1.29, 1.82) is 0 Å². The summed E-state index contributed by atoms with van der Waals surface area (Å²) in [6, 6.07) is 0. The molecule has 0 radical (unpaired) electrons. The van der Waals surface area contributed by atoms with Crippen LogP contribution in [0.25, 0.3) is 0 Å². The number of hydrogen-bond acceptors (Lipinski definition) is 5. The standard InChI is InChI=1S/C12H19ClN2O3/c1-3-10-11(13)14-9-15-12(10)18-6-4-5-17-8-7-16-2/h9H,3-8H2,1-2H3. The Labute approximate surface area is 112 Å². The molecule has 1 aromatic heterocycles. The van der Waals surface area contributed by atoms with Crippen LogP contribution in [-0.2, 0) is 15.9 Å². The van der Waals surface area contributed by atoms with Crippen molar-refractivity contribution >= 4 is 11.6 Å². The van der Waals surface area contributed by atoms with Gasteiger partial charge in [0.15, 0.2) is 0 Å². The zero-order valence-corrected chi connectivity index (χ0v) is 11.6. The first-order valence-corrected chi connectivity index (χ1v) is 6.36. The van der Waals surface area contributed by atoms with Crippen LogP contribution in [0.15, 0.2) is 6.33 Å². The molecular weight excluding hydrogens is 256 g/mol. The van der Waals surface area contributed by atoms with E-state index in [1.807, 2.05) is 6.92 Å². The summed E-state index contributed by atoms with van der Waals surface area (Å²) in [4.78, 5) is 8.00. The van der Waals surface area contributed by atoms with Crippen LogP contribution in [0.5, 0.6) is 5.88 Å². The number of methoxy groups -OCH3 is 1. The molecule has 0 spiro atoms. The van der Waals surface area contributed by atoms with Crippen LogP contribution in [0.1, 0.15) is 18.9 Å². The van der Waals surface area contributed by atoms with Gasteiger partial charge >= 0.3 is 0 Å². The lowest BCUT2D eigenvalue weighted by Gasteiger charge is -2.09. The molecule has 0 saturated carbocycles. The molecule has 102 valence electrons. The Balaban J connectivity index is 2.25. The fourth-order valence-corrected chi connectivity index (χ4v) is 1.63. The SMILES string of the molecule is CCc1c(Cl)ncnc1OCCCOCCOC. The summed E-state index contributed by atoms with van der Waals surface area (Å²) in [5, 5.41) is 0.457. The van der Waals surface area contributed by atoms with Gasteiger partial charge in [-0.25, -0.2) is 9.97 Å². The smallest absolute Gasteiger partial charge is 0.221 e. The summed E-state index contributed by atoms with van der Waals surface area (Å²) in [7, 11) is 1.65. The van der Waals surface area contributed by atoms with E-state index in [2.05, 4.69) is 9.97 Å². The quantitative estimate of drug-likeness (QED) is 0.510. The van der Waals surface area contributed by atoms with Gasteiger partial charge in [-0.15, -0.1) is 0 Å². The molecule has 0 atom stereocenters. The Morgan fingerprint density at radius 2 is 2.00 bits per heavy atom. The second-order valence-electron chi connectivity index (χ2n) is 3.61. The van der Waals surface area contributed by atoms with Gasteiger partial charge in [0.2, 0.25) is 5.88 Å². The van der Waals surface area contributed by atoms with Gasteiger partial charge in [-0.1, -0.05) is 18.5 Å². The van der Waals surface area contributed by atoms with Gasteiger partial charge in [0.1, 0.15) is 11.5 Å². The molecular formula is C12H19ClN2O3. The fourth-order valence-electron chi connectivity index (χ4n) is 1.37. The fraction of sp³-hybridized carbons (Fsp3) is 0.667. The number of nitrogens with zero attached hydrogens (tertiary/aromatic N) is 2. The molecule has 1 rings (SSSR count). The molecule has 5 nitrogen and oxygen atoms in total. The van der Waals surface area contributed by atoms with Crippen molar-refractivity contribution in [2.45, 2.75) is 19.8 Å². The van der Waals surface area contributed by atoms with Gasteiger partial charge in [0, 0.05) is 20.1 Å². The zero-order valence-electron chi connectivity index (χ0n) is 10.8. The van der Waals surface area contributed by atoms with Crippen molar-refractivity contribution in [2.24, 2.45) is 0 Å². The molecule has 0 amide bonds. The van der Waals surface area contributed by atoms with E-state index in [-0.39, 0.29) is 0 Å². The van der Waals surface area contributed by atoms with E-state index in [0.717, 1.165) is 18.4 Å². The topological polar surface area (TPSA) is 53.5 Å². The van der Waals surface area contributed by atoms with Crippen LogP contribution in [-0.4, -0.2) is 43.5 Å². The van der Waals surface area contributed by atoms with Crippen molar-refractivity contribution in [2.75, 3.05) is 33.5 Å². The highest BCUT2D eigenvalue weighted by molar-refractivity contribution is 6.30. The van der Waals surface area contributed by atoms with Crippen molar-refractivity contribution in [3.8, 4) is 5.88 Å². The van der Waals surface area contributed by atoms with Crippen LogP contribution < -0.4 is 4.74 Å². The summed E-state index contributed by atoms with van der Waals surface area (Å²) in [5.74, 6) is 0.564. The molecule has 0 bridgehead atoms. The van der Waals surface area contributed by atoms with Crippen molar-refractivity contribution in [1.82, 2.24) is 9.97 Å². The van der Waals surface area contributed by atoms with E-state index in [9.17, 15) is 0 Å². The number of halogens is 1. The monoisotopic (exact) mass is 274 g/mol. The van der Waals surface area contributed by atoms with E-state index in [0.29, 0.717) is 37.5 Å². The normalized spacial score (nSPS) is 10.6. The lowest BCUT2D eigenvalue weighted by atomic mass is 10.2. The predicted octanol–water partition coefficient (Wildman–Crippen LogP) is 2.12. The van der Waals surface area contributed by atoms with Gasteiger partial charge < -0.3 is 14.2 Å². The highest BCUT2D eigenvalue weighted by Crippen LogP contribution is 2.22. The maximum Gasteiger partial charge on any atom is 0.221 e. The molecule has 0 aliphatic rings. The van der Waals surface area contributed by atoms with Gasteiger partial charge in [0.05, 0.1) is 25.4 Å². The Morgan fingerprint density at radius 3 is 2.72 bits per heavy atom. The summed E-state index contributed by atoms with van der Waals surface area (Å²) >= 11 is 5.96. The second-order valence-corrected chi connectivity index (χ2v) is 3.97. The van der Waals surface area contributed by atoms with E-state index < -0.39 is 0 Å². The first-order valence-electron chi connectivity index (χ1n) is 5.98. The molecule has 0 fully saturated rings. The van der Waals surface area contributed by atoms with Crippen molar-refractivity contribution in [3.05, 3.63) is 17.0 Å². The second kappa shape index (κ2) is 9.08. The van der Waals surface area contributed by atoms with Gasteiger partial charge in [-0.05, 0) is 6.42 Å². The van der Waals surface area contributed by atoms with Gasteiger partial charge in [0.25, 0.3) is 0 Å². The number of ether oxygens (including phenoxy) is 3. The largest absolute Gasteiger partial charge is 0.477 e. The van der Waals surface area contributed by atoms with Crippen LogP contribution in [0.3, 0.4) is 0 Å². The minimum atomic E-state index is 0.457. The van der Waals surface area contributed by atoms with E-state index in [4.69, 9.17) is 25.8 Å². The molecule has 0 N–H and O–H groups in total. The Kier molecular flexibility index (Phi) is 7.64. The van der Waals surface area contributed by atoms with E-state index >= 15 is 0 Å². The Hall–Kier alpha value is -0.910. The van der Waals surface area contributed by atoms with Crippen molar-refractivity contribution < 1.29 is 14.2 Å². The third-order valence-electron chi connectivity index (χ3n) is 2.31. The van der Waals surface area contributed by atoms with Crippen LogP contribution in [0.2, 0.25) is 5.15 Å². The molecule has 0 saturated heterocycles. The van der Waals surface area contributed by atoms with Crippen LogP contribution in [0, 0.1) is 0 Å². The highest BCUT2D eigenvalue weighted by atomic mass is 35.5. The molecule has 0 aliphatic heterocycles. The molecule has 1 aromatic rings. The highest BCUT2D eigenvalue weighted by Gasteiger charge is 2.08. The minimum absolute atomic E-state index is 0.457. The maximum atomic E-state index is 5.96. The third-order valence-corrected chi connectivity index (χ3v) is 2.64. The average Bonchev–Trinajstić information content (AvgIpc) is 2.38. The van der Waals surface area contributed by atoms with Crippen LogP contribution in [0.4, 0.5) is 0 Å². The number of hydrogen-bond donors (Lipinski definition) is 0. The summed E-state index contributed by atoms with van der Waals surface area (Å²) in [6.07, 6.45) is 2.96. The summed E-state index contributed by atoms with van der Waals surface area (Å²) in [6.45, 7) is 4.40. The molecule has 6 heteroatoms. The van der Waals surface area contributed by atoms with Gasteiger partial charge in [-0.2, -0.15) is 0 Å². The van der Waals surface area contributed by atoms with Crippen molar-refractivity contribution in [3.63, 3.8) is 0 Å². The minimum Gasteiger partial charge on any atom is -0.477 e. The zero-order chi connectivity index (χ0) is 13.2. The van der Waals surface area contributed by atoms with E-state index in [1.54, 1.807) is 7.11 Å². The summed E-state index contributed by atoms with van der Waals surface area (Å²) in [5.41, 5.74) is 0.847. The first-order chi connectivity index (χ1) is 8.79. The Bertz CT molecular complexity index is 350. The number of rotatable bonds is 9. The van der Waals surface area contributed by atoms with Gasteiger partial charge in [-0.3, -0.25) is 0 Å². The number of aromatic nitrogens is 2. The molecule has 0 aliphatic carbocycles. The van der Waals surface area contributed by atoms with Crippen LogP contribution >= 0.6 is 11.6 Å². The molecule has 1 heterocycles. The predicted molar refractivity (Wildman–Crippen MR) is 69.2 cm³/mol. The van der Waals surface area contributed by atoms with E-state index in [1.165, 1.54) is 6.33 Å². The molecule has 0 aromatic carbocycles.